The van der Waals surface area contributed by atoms with Crippen LogP contribution in [0.15, 0.2) is 0 Å². The summed E-state index contributed by atoms with van der Waals surface area (Å²) in [5.41, 5.74) is 16.6. The molecule has 0 aliphatic rings. The monoisotopic (exact) mass is 145 g/mol. The molecule has 0 aliphatic carbocycles. The minimum atomic E-state index is -0.981. The Morgan fingerprint density at radius 1 is 1.20 bits per heavy atom. The molecule has 0 aliphatic heterocycles. The van der Waals surface area contributed by atoms with E-state index in [-0.39, 0.29) is 5.92 Å². The van der Waals surface area contributed by atoms with E-state index < -0.39 is 5.79 Å². The Labute approximate surface area is 62.9 Å². The first-order valence-corrected chi connectivity index (χ1v) is 3.89. The maximum Gasteiger partial charge on any atom is 0.118 e. The molecule has 6 N–H and O–H groups in total. The van der Waals surface area contributed by atoms with Crippen molar-refractivity contribution in [3.05, 3.63) is 0 Å². The van der Waals surface area contributed by atoms with Crippen LogP contribution >= 0.6 is 0 Å². The lowest BCUT2D eigenvalue weighted by Crippen LogP contribution is -2.63. The van der Waals surface area contributed by atoms with Gasteiger partial charge < -0.3 is 17.2 Å². The highest BCUT2D eigenvalue weighted by Gasteiger charge is 2.23. The summed E-state index contributed by atoms with van der Waals surface area (Å²) in [6, 6.07) is 0. The van der Waals surface area contributed by atoms with Crippen LogP contribution in [0.1, 0.15) is 33.1 Å². The van der Waals surface area contributed by atoms with Crippen molar-refractivity contribution in [1.82, 2.24) is 0 Å². The summed E-state index contributed by atoms with van der Waals surface area (Å²) in [4.78, 5) is 0. The van der Waals surface area contributed by atoms with Gasteiger partial charge in [0, 0.05) is 5.92 Å². The van der Waals surface area contributed by atoms with Gasteiger partial charge in [0.25, 0.3) is 0 Å². The standard InChI is InChI=1S/C7H19N3/c1-3-5-6(4-2)7(8,9)10/h6H,3-5,8-10H2,1-2H3. The molecule has 0 radical (unpaired) electrons. The molecule has 0 spiro atoms. The van der Waals surface area contributed by atoms with Crippen LogP contribution in [-0.4, -0.2) is 5.79 Å². The molecule has 3 heteroatoms. The molecule has 0 amide bonds. The predicted molar refractivity (Wildman–Crippen MR) is 44.0 cm³/mol. The van der Waals surface area contributed by atoms with E-state index in [0.29, 0.717) is 0 Å². The fourth-order valence-corrected chi connectivity index (χ4v) is 1.16. The van der Waals surface area contributed by atoms with Crippen LogP contribution < -0.4 is 17.2 Å². The van der Waals surface area contributed by atoms with Gasteiger partial charge in [-0.05, 0) is 12.8 Å². The van der Waals surface area contributed by atoms with E-state index >= 15 is 0 Å². The van der Waals surface area contributed by atoms with Gasteiger partial charge in [-0.15, -0.1) is 0 Å². The summed E-state index contributed by atoms with van der Waals surface area (Å²) < 4.78 is 0. The molecule has 1 atom stereocenters. The van der Waals surface area contributed by atoms with Crippen molar-refractivity contribution in [1.29, 1.82) is 0 Å². The molecular weight excluding hydrogens is 126 g/mol. The Morgan fingerprint density at radius 3 is 1.80 bits per heavy atom. The van der Waals surface area contributed by atoms with E-state index in [4.69, 9.17) is 17.2 Å². The second-order valence-corrected chi connectivity index (χ2v) is 2.89. The van der Waals surface area contributed by atoms with Gasteiger partial charge in [0.15, 0.2) is 0 Å². The third-order valence-electron chi connectivity index (χ3n) is 1.84. The smallest absolute Gasteiger partial charge is 0.118 e. The Morgan fingerprint density at radius 2 is 1.70 bits per heavy atom. The van der Waals surface area contributed by atoms with Crippen molar-refractivity contribution < 1.29 is 0 Å². The molecule has 0 aromatic carbocycles. The normalized spacial score (nSPS) is 15.3. The molecule has 0 saturated carbocycles. The maximum atomic E-state index is 5.53. The van der Waals surface area contributed by atoms with Crippen molar-refractivity contribution in [2.24, 2.45) is 23.1 Å². The third kappa shape index (κ3) is 3.15. The Balaban J connectivity index is 3.81. The quantitative estimate of drug-likeness (QED) is 0.499. The van der Waals surface area contributed by atoms with Crippen LogP contribution in [0.4, 0.5) is 0 Å². The van der Waals surface area contributed by atoms with E-state index in [1.807, 2.05) is 0 Å². The van der Waals surface area contributed by atoms with Gasteiger partial charge in [-0.3, -0.25) is 0 Å². The number of hydrogen-bond acceptors (Lipinski definition) is 3. The van der Waals surface area contributed by atoms with Crippen molar-refractivity contribution in [3.8, 4) is 0 Å². The minimum absolute atomic E-state index is 0.248. The summed E-state index contributed by atoms with van der Waals surface area (Å²) >= 11 is 0. The second-order valence-electron chi connectivity index (χ2n) is 2.89. The predicted octanol–water partition coefficient (Wildman–Crippen LogP) is 0.343. The number of nitrogens with two attached hydrogens (primary N) is 3. The van der Waals surface area contributed by atoms with Crippen molar-refractivity contribution in [3.63, 3.8) is 0 Å². The number of rotatable bonds is 4. The average molecular weight is 145 g/mol. The number of hydrogen-bond donors (Lipinski definition) is 3. The molecule has 0 aromatic heterocycles. The van der Waals surface area contributed by atoms with Gasteiger partial charge in [-0.1, -0.05) is 20.3 Å². The van der Waals surface area contributed by atoms with Crippen LogP contribution in [0, 0.1) is 5.92 Å². The topological polar surface area (TPSA) is 78.1 Å². The molecule has 0 bridgehead atoms. The first-order valence-electron chi connectivity index (χ1n) is 3.89. The van der Waals surface area contributed by atoms with E-state index in [0.717, 1.165) is 19.3 Å². The lowest BCUT2D eigenvalue weighted by atomic mass is 9.94. The highest BCUT2D eigenvalue weighted by Crippen LogP contribution is 2.14. The zero-order chi connectivity index (χ0) is 8.20. The first-order chi connectivity index (χ1) is 4.52. The molecule has 10 heavy (non-hydrogen) atoms. The van der Waals surface area contributed by atoms with Gasteiger partial charge >= 0.3 is 0 Å². The van der Waals surface area contributed by atoms with Crippen LogP contribution in [-0.2, 0) is 0 Å². The van der Waals surface area contributed by atoms with Gasteiger partial charge in [0.2, 0.25) is 0 Å². The second kappa shape index (κ2) is 3.91. The van der Waals surface area contributed by atoms with E-state index in [1.54, 1.807) is 0 Å². The molecule has 3 nitrogen and oxygen atoms in total. The Kier molecular flexibility index (Phi) is 3.86. The first kappa shape index (κ1) is 9.88. The van der Waals surface area contributed by atoms with Crippen LogP contribution in [0.5, 0.6) is 0 Å². The molecule has 0 rings (SSSR count). The summed E-state index contributed by atoms with van der Waals surface area (Å²) in [6.07, 6.45) is 3.06. The minimum Gasteiger partial charge on any atom is -0.301 e. The Hall–Kier alpha value is -0.120. The van der Waals surface area contributed by atoms with Crippen molar-refractivity contribution >= 4 is 0 Å². The average Bonchev–Trinajstić information content (AvgIpc) is 1.80. The van der Waals surface area contributed by atoms with Gasteiger partial charge in [0.1, 0.15) is 5.79 Å². The Bertz CT molecular complexity index is 85.3. The van der Waals surface area contributed by atoms with Crippen molar-refractivity contribution in [2.45, 2.75) is 38.9 Å². The molecule has 0 saturated heterocycles. The zero-order valence-electron chi connectivity index (χ0n) is 6.93. The van der Waals surface area contributed by atoms with E-state index in [1.165, 1.54) is 0 Å². The van der Waals surface area contributed by atoms with Crippen LogP contribution in [0.2, 0.25) is 0 Å². The van der Waals surface area contributed by atoms with Crippen LogP contribution in [0.25, 0.3) is 0 Å². The van der Waals surface area contributed by atoms with Crippen molar-refractivity contribution in [2.75, 3.05) is 0 Å². The van der Waals surface area contributed by atoms with Gasteiger partial charge in [0.05, 0.1) is 0 Å². The molecular formula is C7H19N3. The largest absolute Gasteiger partial charge is 0.301 e. The highest BCUT2D eigenvalue weighted by atomic mass is 15.1. The van der Waals surface area contributed by atoms with E-state index in [2.05, 4.69) is 13.8 Å². The summed E-state index contributed by atoms with van der Waals surface area (Å²) in [5, 5.41) is 0. The van der Waals surface area contributed by atoms with Gasteiger partial charge in [-0.2, -0.15) is 0 Å². The maximum absolute atomic E-state index is 5.53. The molecule has 0 heterocycles. The lowest BCUT2D eigenvalue weighted by Gasteiger charge is -2.28. The summed E-state index contributed by atoms with van der Waals surface area (Å²) in [6.45, 7) is 4.16. The third-order valence-corrected chi connectivity index (χ3v) is 1.84. The summed E-state index contributed by atoms with van der Waals surface area (Å²) in [5.74, 6) is -0.734. The molecule has 62 valence electrons. The fraction of sp³-hybridized carbons (Fsp3) is 1.00. The summed E-state index contributed by atoms with van der Waals surface area (Å²) in [7, 11) is 0. The van der Waals surface area contributed by atoms with Gasteiger partial charge in [-0.25, -0.2) is 0 Å². The SMILES string of the molecule is CCCC(CC)C(N)(N)N. The lowest BCUT2D eigenvalue weighted by molar-refractivity contribution is 0.260. The fourth-order valence-electron chi connectivity index (χ4n) is 1.16. The molecule has 0 aromatic rings. The molecule has 1 unspecified atom stereocenters. The molecule has 0 fully saturated rings. The van der Waals surface area contributed by atoms with E-state index in [9.17, 15) is 0 Å². The zero-order valence-corrected chi connectivity index (χ0v) is 6.93. The highest BCUT2D eigenvalue weighted by molar-refractivity contribution is 4.77. The van der Waals surface area contributed by atoms with Crippen LogP contribution in [0.3, 0.4) is 0 Å².